The number of hydrogen-bond acceptors (Lipinski definition) is 7. The van der Waals surface area contributed by atoms with Gasteiger partial charge < -0.3 is 19.9 Å². The van der Waals surface area contributed by atoms with Crippen LogP contribution >= 0.6 is 11.3 Å². The average molecular weight is 539 g/mol. The molecule has 200 valence electrons. The fraction of sp³-hybridized carbons (Fsp3) is 0.286. The number of methoxy groups -OCH3 is 2. The number of aromatic nitrogens is 3. The molecule has 2 aromatic heterocycles. The van der Waals surface area contributed by atoms with Crippen molar-refractivity contribution in [3.05, 3.63) is 92.7 Å². The molecule has 0 saturated carbocycles. The normalized spacial score (nSPS) is 11.6. The molecule has 0 amide bonds. The van der Waals surface area contributed by atoms with Crippen molar-refractivity contribution in [3.63, 3.8) is 0 Å². The van der Waals surface area contributed by atoms with Gasteiger partial charge in [-0.1, -0.05) is 0 Å². The molecule has 4 aromatic rings. The van der Waals surface area contributed by atoms with Crippen LogP contribution in [0.25, 0.3) is 10.4 Å². The van der Waals surface area contributed by atoms with E-state index < -0.39 is 0 Å². The van der Waals surface area contributed by atoms with E-state index in [1.54, 1.807) is 25.6 Å². The van der Waals surface area contributed by atoms with Gasteiger partial charge in [0.2, 0.25) is 0 Å². The summed E-state index contributed by atoms with van der Waals surface area (Å²) in [6, 6.07) is 13.9. The Labute approximate surface area is 224 Å². The number of nitrogens with two attached hydrogens (primary N) is 1. The highest BCUT2D eigenvalue weighted by molar-refractivity contribution is 7.15. The predicted octanol–water partition coefficient (Wildman–Crippen LogP) is 4.85. The molecule has 0 aliphatic rings. The number of thiophene rings is 1. The van der Waals surface area contributed by atoms with E-state index in [4.69, 9.17) is 19.9 Å². The van der Waals surface area contributed by atoms with Crippen LogP contribution in [0.2, 0.25) is 0 Å². The lowest BCUT2D eigenvalue weighted by Gasteiger charge is -2.15. The third-order valence-corrected chi connectivity index (χ3v) is 7.21. The zero-order chi connectivity index (χ0) is 27.2. The molecule has 0 aliphatic carbocycles. The van der Waals surface area contributed by atoms with Crippen LogP contribution in [0.4, 0.5) is 4.39 Å². The first-order valence-corrected chi connectivity index (χ1v) is 12.8. The van der Waals surface area contributed by atoms with E-state index in [1.807, 2.05) is 44.2 Å². The first-order chi connectivity index (χ1) is 18.3. The largest absolute Gasteiger partial charge is 0.497 e. The zero-order valence-corrected chi connectivity index (χ0v) is 22.7. The number of ether oxygens (including phenoxy) is 3. The van der Waals surface area contributed by atoms with Crippen LogP contribution in [0.3, 0.4) is 0 Å². The Kier molecular flexibility index (Phi) is 8.65. The van der Waals surface area contributed by atoms with E-state index in [1.165, 1.54) is 15.6 Å². The quantitative estimate of drug-likeness (QED) is 0.294. The number of rotatable bonds is 11. The number of halogens is 1. The van der Waals surface area contributed by atoms with Gasteiger partial charge in [-0.3, -0.25) is 4.57 Å². The summed E-state index contributed by atoms with van der Waals surface area (Å²) in [4.78, 5) is 14.7. The zero-order valence-electron chi connectivity index (χ0n) is 21.9. The Bertz CT molecular complexity index is 1460. The van der Waals surface area contributed by atoms with Crippen LogP contribution in [-0.2, 0) is 19.7 Å². The van der Waals surface area contributed by atoms with E-state index in [0.29, 0.717) is 36.6 Å². The lowest BCUT2D eigenvalue weighted by atomic mass is 10.0. The molecule has 0 spiro atoms. The van der Waals surface area contributed by atoms with Gasteiger partial charge in [-0.05, 0) is 78.1 Å². The van der Waals surface area contributed by atoms with Crippen molar-refractivity contribution in [1.82, 2.24) is 14.3 Å². The number of benzene rings is 2. The van der Waals surface area contributed by atoms with Crippen molar-refractivity contribution in [2.24, 2.45) is 5.73 Å². The number of nitrogens with zero attached hydrogens (tertiary/aromatic N) is 3. The van der Waals surface area contributed by atoms with Crippen molar-refractivity contribution in [2.75, 3.05) is 20.8 Å². The van der Waals surface area contributed by atoms with Gasteiger partial charge in [-0.2, -0.15) is 5.10 Å². The van der Waals surface area contributed by atoms with Crippen LogP contribution in [0.15, 0.2) is 65.5 Å². The summed E-state index contributed by atoms with van der Waals surface area (Å²) in [5.41, 5.74) is 9.57. The second kappa shape index (κ2) is 12.1. The second-order valence-corrected chi connectivity index (χ2v) is 10.1. The van der Waals surface area contributed by atoms with E-state index in [9.17, 15) is 9.18 Å². The molecule has 10 heteroatoms. The lowest BCUT2D eigenvalue weighted by Crippen LogP contribution is -2.26. The SMILES string of the molecule is COc1cc(COc2c(C)cc(-c3ccc(Cn4cnn(C/C(=C/F)CN)c4=O)s3)cc2C)cc(OC)c1. The molecule has 0 aliphatic heterocycles. The van der Waals surface area contributed by atoms with Crippen LogP contribution in [-0.4, -0.2) is 35.1 Å². The van der Waals surface area contributed by atoms with Crippen molar-refractivity contribution >= 4 is 11.3 Å². The third-order valence-electron chi connectivity index (χ3n) is 6.09. The highest BCUT2D eigenvalue weighted by Gasteiger charge is 2.13. The van der Waals surface area contributed by atoms with E-state index in [-0.39, 0.29) is 18.8 Å². The van der Waals surface area contributed by atoms with Crippen LogP contribution < -0.4 is 25.6 Å². The molecule has 38 heavy (non-hydrogen) atoms. The maximum atomic E-state index is 12.8. The van der Waals surface area contributed by atoms with Crippen LogP contribution in [0, 0.1) is 13.8 Å². The maximum absolute atomic E-state index is 12.8. The Hall–Kier alpha value is -3.89. The van der Waals surface area contributed by atoms with E-state index >= 15 is 0 Å². The lowest BCUT2D eigenvalue weighted by molar-refractivity contribution is 0.300. The fourth-order valence-corrected chi connectivity index (χ4v) is 5.13. The Morgan fingerprint density at radius 2 is 1.76 bits per heavy atom. The minimum Gasteiger partial charge on any atom is -0.497 e. The first kappa shape index (κ1) is 27.2. The number of hydrogen-bond donors (Lipinski definition) is 1. The van der Waals surface area contributed by atoms with E-state index in [0.717, 1.165) is 37.8 Å². The molecule has 0 saturated heterocycles. The van der Waals surface area contributed by atoms with Crippen LogP contribution in [0.5, 0.6) is 17.2 Å². The predicted molar refractivity (Wildman–Crippen MR) is 147 cm³/mol. The summed E-state index contributed by atoms with van der Waals surface area (Å²) in [6.07, 6.45) is 1.89. The van der Waals surface area contributed by atoms with Gasteiger partial charge in [-0.25, -0.2) is 13.9 Å². The topological polar surface area (TPSA) is 93.5 Å². The summed E-state index contributed by atoms with van der Waals surface area (Å²) >= 11 is 1.61. The molecule has 8 nitrogen and oxygen atoms in total. The van der Waals surface area contributed by atoms with Gasteiger partial charge in [0.15, 0.2) is 0 Å². The second-order valence-electron chi connectivity index (χ2n) is 8.89. The summed E-state index contributed by atoms with van der Waals surface area (Å²) in [6.45, 7) is 4.89. The molecular weight excluding hydrogens is 507 g/mol. The smallest absolute Gasteiger partial charge is 0.346 e. The molecule has 0 radical (unpaired) electrons. The molecule has 0 fully saturated rings. The summed E-state index contributed by atoms with van der Waals surface area (Å²) in [5, 5.41) is 4.08. The van der Waals surface area contributed by atoms with Gasteiger partial charge >= 0.3 is 5.69 Å². The summed E-state index contributed by atoms with van der Waals surface area (Å²) in [7, 11) is 3.25. The van der Waals surface area contributed by atoms with Crippen LogP contribution in [0.1, 0.15) is 21.6 Å². The van der Waals surface area contributed by atoms with Gasteiger partial charge in [0, 0.05) is 22.4 Å². The van der Waals surface area contributed by atoms with Crippen molar-refractivity contribution in [1.29, 1.82) is 0 Å². The van der Waals surface area contributed by atoms with Crippen molar-refractivity contribution in [3.8, 4) is 27.7 Å². The first-order valence-electron chi connectivity index (χ1n) is 12.0. The molecule has 2 aromatic carbocycles. The minimum absolute atomic E-state index is 0.0303. The summed E-state index contributed by atoms with van der Waals surface area (Å²) in [5.74, 6) is 2.27. The summed E-state index contributed by atoms with van der Waals surface area (Å²) < 4.78 is 32.5. The highest BCUT2D eigenvalue weighted by Crippen LogP contribution is 2.35. The molecule has 2 heterocycles. The monoisotopic (exact) mass is 538 g/mol. The van der Waals surface area contributed by atoms with Crippen molar-refractivity contribution < 1.29 is 18.6 Å². The molecule has 0 bridgehead atoms. The maximum Gasteiger partial charge on any atom is 0.346 e. The minimum atomic E-state index is -0.311. The molecule has 4 rings (SSSR count). The molecule has 0 unspecified atom stereocenters. The van der Waals surface area contributed by atoms with Crippen molar-refractivity contribution in [2.45, 2.75) is 33.5 Å². The average Bonchev–Trinajstić information content (AvgIpc) is 3.53. The van der Waals surface area contributed by atoms with Gasteiger partial charge in [-0.15, -0.1) is 11.3 Å². The van der Waals surface area contributed by atoms with Gasteiger partial charge in [0.05, 0.1) is 33.6 Å². The van der Waals surface area contributed by atoms with E-state index in [2.05, 4.69) is 17.2 Å². The standard InChI is InChI=1S/C28H31FN4O4S/c1-18-7-22(8-19(2)27(18)37-16-20-9-23(35-3)11-24(10-20)36-4)26-6-5-25(38-26)15-32-17-31-33(28(32)34)14-21(12-29)13-30/h5-12,17H,13-16,30H2,1-4H3/b21-12+. The molecule has 0 atom stereocenters. The molecular formula is C28H31FN4O4S. The van der Waals surface area contributed by atoms with Gasteiger partial charge in [0.25, 0.3) is 0 Å². The Morgan fingerprint density at radius 1 is 1.08 bits per heavy atom. The fourth-order valence-electron chi connectivity index (χ4n) is 4.14. The third kappa shape index (κ3) is 6.15. The highest BCUT2D eigenvalue weighted by atomic mass is 32.1. The van der Waals surface area contributed by atoms with Gasteiger partial charge in [0.1, 0.15) is 30.2 Å². The molecule has 2 N–H and O–H groups in total. The Morgan fingerprint density at radius 3 is 2.37 bits per heavy atom. The Balaban J connectivity index is 1.48. The number of aryl methyl sites for hydroxylation is 2.